The molecule has 1 fully saturated rings. The minimum absolute atomic E-state index is 0.00755. The van der Waals surface area contributed by atoms with Gasteiger partial charge in [-0.25, -0.2) is 0 Å². The van der Waals surface area contributed by atoms with Gasteiger partial charge in [0.15, 0.2) is 5.82 Å². The van der Waals surface area contributed by atoms with Gasteiger partial charge in [0.25, 0.3) is 5.91 Å². The maximum absolute atomic E-state index is 11.9. The molecular weight excluding hydrogens is 180 g/mol. The molecule has 2 rings (SSSR count). The summed E-state index contributed by atoms with van der Waals surface area (Å²) in [6.07, 6.45) is 0. The molecule has 0 unspecified atom stereocenters. The van der Waals surface area contributed by atoms with Gasteiger partial charge < -0.3 is 10.6 Å². The molecule has 1 aromatic heterocycles. The van der Waals surface area contributed by atoms with E-state index >= 15 is 0 Å². The lowest BCUT2D eigenvalue weighted by Crippen LogP contribution is -2.48. The number of hydrogen-bond acceptors (Lipinski definition) is 3. The number of aromatic amines is 1. The lowest BCUT2D eigenvalue weighted by molar-refractivity contribution is 0.0531. The van der Waals surface area contributed by atoms with E-state index in [4.69, 9.17) is 5.73 Å². The Morgan fingerprint density at radius 2 is 2.29 bits per heavy atom. The monoisotopic (exact) mass is 194 g/mol. The van der Waals surface area contributed by atoms with E-state index in [0.717, 1.165) is 18.8 Å². The molecule has 3 N–H and O–H groups in total. The van der Waals surface area contributed by atoms with Gasteiger partial charge in [-0.15, -0.1) is 0 Å². The van der Waals surface area contributed by atoms with Gasteiger partial charge in [0, 0.05) is 18.8 Å². The zero-order valence-electron chi connectivity index (χ0n) is 8.37. The lowest BCUT2D eigenvalue weighted by Gasteiger charge is -2.37. The SMILES string of the molecule is Cc1[nH]nc(N)c1C(=O)N1CC(C)C1. The predicted molar refractivity (Wildman–Crippen MR) is 52.8 cm³/mol. The summed E-state index contributed by atoms with van der Waals surface area (Å²) in [7, 11) is 0. The molecular formula is C9H14N4O. The molecule has 14 heavy (non-hydrogen) atoms. The topological polar surface area (TPSA) is 75.0 Å². The molecule has 0 aliphatic carbocycles. The van der Waals surface area contributed by atoms with Crippen LogP contribution >= 0.6 is 0 Å². The number of carbonyl (C=O) groups excluding carboxylic acids is 1. The van der Waals surface area contributed by atoms with Crippen LogP contribution in [0.2, 0.25) is 0 Å². The van der Waals surface area contributed by atoms with Crippen LogP contribution in [0.25, 0.3) is 0 Å². The number of amides is 1. The summed E-state index contributed by atoms with van der Waals surface area (Å²) in [4.78, 5) is 13.7. The Bertz CT molecular complexity index is 345. The third kappa shape index (κ3) is 1.25. The molecule has 0 bridgehead atoms. The number of nitrogens with two attached hydrogens (primary N) is 1. The zero-order valence-corrected chi connectivity index (χ0v) is 8.37. The molecule has 1 aliphatic heterocycles. The summed E-state index contributed by atoms with van der Waals surface area (Å²) >= 11 is 0. The third-order valence-electron chi connectivity index (χ3n) is 2.54. The number of nitrogens with zero attached hydrogens (tertiary/aromatic N) is 2. The number of rotatable bonds is 1. The standard InChI is InChI=1S/C9H14N4O/c1-5-3-13(4-5)9(14)7-6(2)11-12-8(7)10/h5H,3-4H2,1-2H3,(H3,10,11,12). The van der Waals surface area contributed by atoms with Gasteiger partial charge in [-0.1, -0.05) is 6.92 Å². The van der Waals surface area contributed by atoms with Crippen molar-refractivity contribution in [2.24, 2.45) is 5.92 Å². The molecule has 0 atom stereocenters. The second-order valence-electron chi connectivity index (χ2n) is 3.92. The van der Waals surface area contributed by atoms with Crippen molar-refractivity contribution in [1.29, 1.82) is 0 Å². The maximum atomic E-state index is 11.9. The molecule has 76 valence electrons. The Hall–Kier alpha value is -1.52. The number of aryl methyl sites for hydroxylation is 1. The molecule has 5 nitrogen and oxygen atoms in total. The molecule has 1 aliphatic rings. The molecule has 1 saturated heterocycles. The van der Waals surface area contributed by atoms with Crippen molar-refractivity contribution in [1.82, 2.24) is 15.1 Å². The van der Waals surface area contributed by atoms with E-state index in [2.05, 4.69) is 17.1 Å². The van der Waals surface area contributed by atoms with Crippen LogP contribution < -0.4 is 5.73 Å². The van der Waals surface area contributed by atoms with Crippen molar-refractivity contribution in [2.75, 3.05) is 18.8 Å². The van der Waals surface area contributed by atoms with Gasteiger partial charge >= 0.3 is 0 Å². The Labute approximate surface area is 82.3 Å². The molecule has 0 saturated carbocycles. The summed E-state index contributed by atoms with van der Waals surface area (Å²) in [5.41, 5.74) is 6.87. The summed E-state index contributed by atoms with van der Waals surface area (Å²) in [6.45, 7) is 5.57. The van der Waals surface area contributed by atoms with Crippen molar-refractivity contribution in [3.63, 3.8) is 0 Å². The average Bonchev–Trinajstić information content (AvgIpc) is 2.40. The number of anilines is 1. The Morgan fingerprint density at radius 3 is 2.71 bits per heavy atom. The van der Waals surface area contributed by atoms with E-state index in [9.17, 15) is 4.79 Å². The number of likely N-dealkylation sites (tertiary alicyclic amines) is 1. The van der Waals surface area contributed by atoms with Crippen LogP contribution in [-0.2, 0) is 0 Å². The second-order valence-corrected chi connectivity index (χ2v) is 3.92. The first-order valence-corrected chi connectivity index (χ1v) is 4.69. The first kappa shape index (κ1) is 9.05. The Morgan fingerprint density at radius 1 is 1.64 bits per heavy atom. The van der Waals surface area contributed by atoms with E-state index in [1.807, 2.05) is 0 Å². The molecule has 0 radical (unpaired) electrons. The number of nitrogens with one attached hydrogen (secondary N) is 1. The quantitative estimate of drug-likeness (QED) is 0.679. The highest BCUT2D eigenvalue weighted by atomic mass is 16.2. The van der Waals surface area contributed by atoms with Crippen molar-refractivity contribution in [3.8, 4) is 0 Å². The molecule has 0 aromatic carbocycles. The summed E-state index contributed by atoms with van der Waals surface area (Å²) in [5, 5.41) is 6.51. The first-order chi connectivity index (χ1) is 6.59. The highest BCUT2D eigenvalue weighted by Gasteiger charge is 2.30. The number of hydrogen-bond donors (Lipinski definition) is 2. The molecule has 1 amide bonds. The van der Waals surface area contributed by atoms with E-state index in [-0.39, 0.29) is 5.91 Å². The Balaban J connectivity index is 2.19. The van der Waals surface area contributed by atoms with Crippen molar-refractivity contribution in [2.45, 2.75) is 13.8 Å². The van der Waals surface area contributed by atoms with Gasteiger partial charge in [-0.05, 0) is 12.8 Å². The van der Waals surface area contributed by atoms with Crippen molar-refractivity contribution < 1.29 is 4.79 Å². The largest absolute Gasteiger partial charge is 0.382 e. The van der Waals surface area contributed by atoms with Gasteiger partial charge in [0.2, 0.25) is 0 Å². The lowest BCUT2D eigenvalue weighted by atomic mass is 10.0. The molecule has 5 heteroatoms. The number of aromatic nitrogens is 2. The van der Waals surface area contributed by atoms with E-state index in [1.165, 1.54) is 0 Å². The van der Waals surface area contributed by atoms with Crippen molar-refractivity contribution >= 4 is 11.7 Å². The van der Waals surface area contributed by atoms with Gasteiger partial charge in [-0.3, -0.25) is 9.89 Å². The van der Waals surface area contributed by atoms with E-state index in [0.29, 0.717) is 17.3 Å². The van der Waals surface area contributed by atoms with Crippen LogP contribution in [0.1, 0.15) is 23.0 Å². The second kappa shape index (κ2) is 3.01. The highest BCUT2D eigenvalue weighted by molar-refractivity contribution is 5.99. The molecule has 2 heterocycles. The summed E-state index contributed by atoms with van der Waals surface area (Å²) in [6, 6.07) is 0. The van der Waals surface area contributed by atoms with E-state index in [1.54, 1.807) is 11.8 Å². The zero-order chi connectivity index (χ0) is 10.3. The number of carbonyl (C=O) groups is 1. The van der Waals surface area contributed by atoms with Crippen LogP contribution in [-0.4, -0.2) is 34.1 Å². The predicted octanol–water partition coefficient (Wildman–Crippen LogP) is 0.392. The van der Waals surface area contributed by atoms with Gasteiger partial charge in [0.05, 0.1) is 0 Å². The van der Waals surface area contributed by atoms with Gasteiger partial charge in [-0.2, -0.15) is 5.10 Å². The third-order valence-corrected chi connectivity index (χ3v) is 2.54. The van der Waals surface area contributed by atoms with Crippen LogP contribution in [0.3, 0.4) is 0 Å². The van der Waals surface area contributed by atoms with Crippen LogP contribution in [0.5, 0.6) is 0 Å². The van der Waals surface area contributed by atoms with Gasteiger partial charge in [0.1, 0.15) is 5.56 Å². The summed E-state index contributed by atoms with van der Waals surface area (Å²) < 4.78 is 0. The molecule has 0 spiro atoms. The van der Waals surface area contributed by atoms with Crippen molar-refractivity contribution in [3.05, 3.63) is 11.3 Å². The fourth-order valence-electron chi connectivity index (χ4n) is 1.74. The maximum Gasteiger partial charge on any atom is 0.259 e. The fraction of sp³-hybridized carbons (Fsp3) is 0.556. The minimum Gasteiger partial charge on any atom is -0.382 e. The Kier molecular flexibility index (Phi) is 1.94. The van der Waals surface area contributed by atoms with E-state index < -0.39 is 0 Å². The van der Waals surface area contributed by atoms with Crippen LogP contribution in [0.4, 0.5) is 5.82 Å². The van der Waals surface area contributed by atoms with Crippen LogP contribution in [0, 0.1) is 12.8 Å². The molecule has 1 aromatic rings. The highest BCUT2D eigenvalue weighted by Crippen LogP contribution is 2.21. The normalized spacial score (nSPS) is 16.9. The minimum atomic E-state index is -0.00755. The number of nitrogen functional groups attached to an aromatic ring is 1. The smallest absolute Gasteiger partial charge is 0.259 e. The first-order valence-electron chi connectivity index (χ1n) is 4.69. The summed E-state index contributed by atoms with van der Waals surface area (Å²) in [5.74, 6) is 0.895. The van der Waals surface area contributed by atoms with Crippen LogP contribution in [0.15, 0.2) is 0 Å². The number of H-pyrrole nitrogens is 1. The fourth-order valence-corrected chi connectivity index (χ4v) is 1.74. The average molecular weight is 194 g/mol.